The summed E-state index contributed by atoms with van der Waals surface area (Å²) in [5.74, 6) is 0. The van der Waals surface area contributed by atoms with Crippen molar-refractivity contribution in [3.63, 3.8) is 0 Å². The fourth-order valence-electron chi connectivity index (χ4n) is 2.07. The number of ether oxygens (including phenoxy) is 1. The molecule has 1 aromatic carbocycles. The average molecular weight is 355 g/mol. The number of benzene rings is 1. The first kappa shape index (κ1) is 28.7. The van der Waals surface area contributed by atoms with Crippen LogP contribution in [0.5, 0.6) is 0 Å². The van der Waals surface area contributed by atoms with Gasteiger partial charge in [-0.05, 0) is 47.2 Å². The van der Waals surface area contributed by atoms with Gasteiger partial charge in [-0.2, -0.15) is 0 Å². The number of hydrogen-bond acceptors (Lipinski definition) is 3. The molecule has 1 atom stereocenters. The molecule has 1 aromatic rings. The molecule has 3 heteroatoms. The van der Waals surface area contributed by atoms with Gasteiger partial charge >= 0.3 is 0 Å². The van der Waals surface area contributed by atoms with Crippen molar-refractivity contribution in [3.8, 4) is 0 Å². The number of nitrogens with one attached hydrogen (secondary N) is 2. The second kappa shape index (κ2) is 19.3. The van der Waals surface area contributed by atoms with Gasteiger partial charge in [0.25, 0.3) is 0 Å². The molecule has 0 aliphatic rings. The summed E-state index contributed by atoms with van der Waals surface area (Å²) in [4.78, 5) is 0. The van der Waals surface area contributed by atoms with E-state index in [1.807, 2.05) is 48.6 Å². The third kappa shape index (κ3) is 12.9. The van der Waals surface area contributed by atoms with E-state index in [-0.39, 0.29) is 5.60 Å². The molecular weight excluding hydrogens is 308 g/mol. The molecule has 0 bridgehead atoms. The van der Waals surface area contributed by atoms with Gasteiger partial charge < -0.3 is 15.4 Å². The molecule has 1 unspecified atom stereocenters. The SMILES string of the molecule is CC.CC.CC.CCNc1ccccc1C(C)(C)OCCC(C)NC. The molecule has 0 saturated carbocycles. The van der Waals surface area contributed by atoms with Crippen molar-refractivity contribution in [3.05, 3.63) is 29.8 Å². The third-order valence-corrected chi connectivity index (χ3v) is 3.45. The Labute approximate surface area is 159 Å². The highest BCUT2D eigenvalue weighted by Gasteiger charge is 2.24. The molecule has 0 fully saturated rings. The van der Waals surface area contributed by atoms with Gasteiger partial charge in [0.2, 0.25) is 0 Å². The zero-order valence-corrected chi connectivity index (χ0v) is 18.9. The van der Waals surface area contributed by atoms with E-state index in [2.05, 4.69) is 62.6 Å². The molecule has 0 aliphatic carbocycles. The highest BCUT2D eigenvalue weighted by atomic mass is 16.5. The summed E-state index contributed by atoms with van der Waals surface area (Å²) in [5.41, 5.74) is 2.11. The topological polar surface area (TPSA) is 33.3 Å². The van der Waals surface area contributed by atoms with Gasteiger partial charge in [-0.3, -0.25) is 0 Å². The summed E-state index contributed by atoms with van der Waals surface area (Å²) in [6, 6.07) is 8.86. The predicted molar refractivity (Wildman–Crippen MR) is 117 cm³/mol. The Hall–Kier alpha value is -1.06. The van der Waals surface area contributed by atoms with E-state index in [0.717, 1.165) is 25.3 Å². The molecule has 0 heterocycles. The van der Waals surface area contributed by atoms with Gasteiger partial charge in [0.15, 0.2) is 0 Å². The van der Waals surface area contributed by atoms with Crippen molar-refractivity contribution in [2.75, 3.05) is 25.5 Å². The number of hydrogen-bond donors (Lipinski definition) is 2. The van der Waals surface area contributed by atoms with Crippen molar-refractivity contribution >= 4 is 5.69 Å². The van der Waals surface area contributed by atoms with Gasteiger partial charge in [0.05, 0.1) is 5.60 Å². The van der Waals surface area contributed by atoms with Crippen molar-refractivity contribution in [1.29, 1.82) is 0 Å². The normalized spacial score (nSPS) is 10.8. The van der Waals surface area contributed by atoms with E-state index in [9.17, 15) is 0 Å². The molecule has 0 amide bonds. The Kier molecular flexibility index (Phi) is 22.1. The summed E-state index contributed by atoms with van der Waals surface area (Å²) in [6.45, 7) is 22.2. The smallest absolute Gasteiger partial charge is 0.0895 e. The molecule has 0 aliphatic heterocycles. The first-order valence-corrected chi connectivity index (χ1v) is 10.2. The summed E-state index contributed by atoms with van der Waals surface area (Å²) >= 11 is 0. The molecule has 25 heavy (non-hydrogen) atoms. The van der Waals surface area contributed by atoms with Crippen LogP contribution in [0.15, 0.2) is 24.3 Å². The van der Waals surface area contributed by atoms with E-state index in [1.165, 1.54) is 5.56 Å². The lowest BCUT2D eigenvalue weighted by Crippen LogP contribution is -2.28. The Morgan fingerprint density at radius 2 is 1.52 bits per heavy atom. The minimum Gasteiger partial charge on any atom is -0.385 e. The van der Waals surface area contributed by atoms with Crippen molar-refractivity contribution < 1.29 is 4.74 Å². The first-order valence-electron chi connectivity index (χ1n) is 10.2. The van der Waals surface area contributed by atoms with Crippen LogP contribution in [0.1, 0.15) is 81.2 Å². The number of rotatable bonds is 8. The summed E-state index contributed by atoms with van der Waals surface area (Å²) in [5, 5.41) is 6.63. The minimum absolute atomic E-state index is 0.272. The zero-order valence-electron chi connectivity index (χ0n) is 18.9. The first-order chi connectivity index (χ1) is 12.0. The van der Waals surface area contributed by atoms with E-state index in [1.54, 1.807) is 0 Å². The van der Waals surface area contributed by atoms with Crippen LogP contribution < -0.4 is 10.6 Å². The van der Waals surface area contributed by atoms with E-state index >= 15 is 0 Å². The van der Waals surface area contributed by atoms with E-state index in [4.69, 9.17) is 4.74 Å². The molecule has 3 nitrogen and oxygen atoms in total. The zero-order chi connectivity index (χ0) is 20.3. The van der Waals surface area contributed by atoms with Gasteiger partial charge in [0.1, 0.15) is 0 Å². The molecule has 1 rings (SSSR count). The Bertz CT molecular complexity index is 378. The minimum atomic E-state index is -0.272. The molecule has 0 spiro atoms. The Morgan fingerprint density at radius 1 is 1.00 bits per heavy atom. The molecule has 0 aromatic heterocycles. The lowest BCUT2D eigenvalue weighted by atomic mass is 9.96. The van der Waals surface area contributed by atoms with Crippen molar-refractivity contribution in [2.24, 2.45) is 0 Å². The van der Waals surface area contributed by atoms with Crippen LogP contribution in [0, 0.1) is 0 Å². The van der Waals surface area contributed by atoms with E-state index in [0.29, 0.717) is 6.04 Å². The summed E-state index contributed by atoms with van der Waals surface area (Å²) in [6.07, 6.45) is 1.02. The maximum Gasteiger partial charge on any atom is 0.0895 e. The summed E-state index contributed by atoms with van der Waals surface area (Å²) in [7, 11) is 1.98. The summed E-state index contributed by atoms with van der Waals surface area (Å²) < 4.78 is 6.10. The quantitative estimate of drug-likeness (QED) is 0.563. The molecular formula is C22H46N2O. The third-order valence-electron chi connectivity index (χ3n) is 3.45. The largest absolute Gasteiger partial charge is 0.385 e. The van der Waals surface area contributed by atoms with Crippen LogP contribution in [0.3, 0.4) is 0 Å². The molecule has 0 saturated heterocycles. The fourth-order valence-corrected chi connectivity index (χ4v) is 2.07. The van der Waals surface area contributed by atoms with Crippen LogP contribution in [-0.2, 0) is 10.3 Å². The second-order valence-corrected chi connectivity index (χ2v) is 5.41. The van der Waals surface area contributed by atoms with Gasteiger partial charge in [0, 0.05) is 30.4 Å². The Morgan fingerprint density at radius 3 is 2.00 bits per heavy atom. The fraction of sp³-hybridized carbons (Fsp3) is 0.727. The van der Waals surface area contributed by atoms with E-state index < -0.39 is 0 Å². The van der Waals surface area contributed by atoms with Gasteiger partial charge in [-0.1, -0.05) is 59.7 Å². The molecule has 0 radical (unpaired) electrons. The number of anilines is 1. The lowest BCUT2D eigenvalue weighted by Gasteiger charge is -2.29. The number of para-hydroxylation sites is 1. The van der Waals surface area contributed by atoms with Gasteiger partial charge in [-0.15, -0.1) is 0 Å². The predicted octanol–water partition coefficient (Wildman–Crippen LogP) is 6.45. The van der Waals surface area contributed by atoms with Gasteiger partial charge in [-0.25, -0.2) is 0 Å². The van der Waals surface area contributed by atoms with Crippen LogP contribution in [0.4, 0.5) is 5.69 Å². The maximum atomic E-state index is 6.10. The highest BCUT2D eigenvalue weighted by Crippen LogP contribution is 2.31. The monoisotopic (exact) mass is 354 g/mol. The highest BCUT2D eigenvalue weighted by molar-refractivity contribution is 5.53. The van der Waals surface area contributed by atoms with Crippen LogP contribution >= 0.6 is 0 Å². The van der Waals surface area contributed by atoms with Crippen LogP contribution in [0.25, 0.3) is 0 Å². The molecule has 2 N–H and O–H groups in total. The van der Waals surface area contributed by atoms with Crippen molar-refractivity contribution in [1.82, 2.24) is 5.32 Å². The molecule has 150 valence electrons. The van der Waals surface area contributed by atoms with Crippen LogP contribution in [-0.4, -0.2) is 26.2 Å². The standard InChI is InChI=1S/C16H28N2O.3C2H6/c1-6-18-15-10-8-7-9-14(15)16(3,4)19-12-11-13(2)17-5;3*1-2/h7-10,13,17-18H,6,11-12H2,1-5H3;3*1-2H3. The average Bonchev–Trinajstić information content (AvgIpc) is 2.67. The van der Waals surface area contributed by atoms with Crippen molar-refractivity contribution in [2.45, 2.75) is 87.3 Å². The Balaban J connectivity index is -0.000000725. The van der Waals surface area contributed by atoms with Crippen LogP contribution in [0.2, 0.25) is 0 Å². The maximum absolute atomic E-state index is 6.10. The second-order valence-electron chi connectivity index (χ2n) is 5.41. The lowest BCUT2D eigenvalue weighted by molar-refractivity contribution is -0.0244.